The largest absolute Gasteiger partial charge is 0.494 e. The third kappa shape index (κ3) is 7.83. The molecule has 3 aromatic rings. The van der Waals surface area contributed by atoms with E-state index < -0.39 is 12.1 Å². The molecule has 2 N–H and O–H groups in total. The summed E-state index contributed by atoms with van der Waals surface area (Å²) in [5.74, 6) is -0.0690. The van der Waals surface area contributed by atoms with E-state index in [1.54, 1.807) is 0 Å². The van der Waals surface area contributed by atoms with Gasteiger partial charge in [-0.15, -0.1) is 0 Å². The smallest absolute Gasteiger partial charge is 0.407 e. The lowest BCUT2D eigenvalue weighted by molar-refractivity contribution is -0.136. The highest BCUT2D eigenvalue weighted by Crippen LogP contribution is 2.36. The number of alkyl carbamates (subject to hydrolysis) is 1. The number of amides is 2. The van der Waals surface area contributed by atoms with E-state index in [4.69, 9.17) is 14.6 Å². The Kier molecular flexibility index (Phi) is 9.56. The second kappa shape index (κ2) is 13.5. The number of anilines is 1. The van der Waals surface area contributed by atoms with Crippen LogP contribution in [-0.4, -0.2) is 42.8 Å². The van der Waals surface area contributed by atoms with Crippen molar-refractivity contribution in [2.45, 2.75) is 45.6 Å². The lowest BCUT2D eigenvalue weighted by atomic mass is 9.91. The molecule has 1 aliphatic rings. The van der Waals surface area contributed by atoms with Gasteiger partial charge in [-0.25, -0.2) is 4.79 Å². The molecule has 0 bridgehead atoms. The molecule has 3 aromatic carbocycles. The highest BCUT2D eigenvalue weighted by atomic mass is 16.5. The molecule has 8 heteroatoms. The summed E-state index contributed by atoms with van der Waals surface area (Å²) in [7, 11) is 0. The topological polar surface area (TPSA) is 105 Å². The standard InChI is InChI=1S/C31H34N2O6/c1-22-7-2-10-25(19-22)38-18-6-14-29(34)33-17-5-12-27-26(11-4-13-28(27)33)24-9-3-8-23(20-24)21-39-31(37)32-16-15-30(35)36/h2-4,7-11,13,19-20H,5-6,12,14-18,21H2,1H3,(H,32,37)(H,35,36). The number of benzene rings is 3. The number of nitrogens with zero attached hydrogens (tertiary/aromatic N) is 1. The van der Waals surface area contributed by atoms with Gasteiger partial charge in [-0.05, 0) is 78.3 Å². The first-order chi connectivity index (χ1) is 18.9. The highest BCUT2D eigenvalue weighted by Gasteiger charge is 2.24. The molecular weight excluding hydrogens is 496 g/mol. The Hall–Kier alpha value is -4.33. The van der Waals surface area contributed by atoms with Crippen LogP contribution in [0.4, 0.5) is 10.5 Å². The molecule has 8 nitrogen and oxygen atoms in total. The molecular formula is C31H34N2O6. The van der Waals surface area contributed by atoms with Crippen molar-refractivity contribution in [3.8, 4) is 16.9 Å². The number of aliphatic carboxylic acids is 1. The van der Waals surface area contributed by atoms with Crippen LogP contribution in [0.5, 0.6) is 5.75 Å². The fourth-order valence-electron chi connectivity index (χ4n) is 4.71. The van der Waals surface area contributed by atoms with Crippen LogP contribution in [0.3, 0.4) is 0 Å². The number of hydrogen-bond acceptors (Lipinski definition) is 5. The Morgan fingerprint density at radius 3 is 2.64 bits per heavy atom. The van der Waals surface area contributed by atoms with Crippen molar-refractivity contribution >= 4 is 23.7 Å². The predicted molar refractivity (Wildman–Crippen MR) is 149 cm³/mol. The monoisotopic (exact) mass is 530 g/mol. The molecule has 0 atom stereocenters. The van der Waals surface area contributed by atoms with Gasteiger partial charge in [0.05, 0.1) is 13.0 Å². The van der Waals surface area contributed by atoms with Gasteiger partial charge in [-0.1, -0.05) is 42.5 Å². The lowest BCUT2D eigenvalue weighted by Crippen LogP contribution is -2.35. The molecule has 204 valence electrons. The number of rotatable bonds is 11. The molecule has 0 saturated carbocycles. The summed E-state index contributed by atoms with van der Waals surface area (Å²) in [6.07, 6.45) is 2.00. The Labute approximate surface area is 228 Å². The molecule has 1 aliphatic heterocycles. The molecule has 0 aliphatic carbocycles. The van der Waals surface area contributed by atoms with Crippen LogP contribution in [0, 0.1) is 6.92 Å². The molecule has 39 heavy (non-hydrogen) atoms. The molecule has 2 amide bonds. The Morgan fingerprint density at radius 2 is 1.82 bits per heavy atom. The fraction of sp³-hybridized carbons (Fsp3) is 0.323. The van der Waals surface area contributed by atoms with Crippen molar-refractivity contribution in [1.29, 1.82) is 0 Å². The van der Waals surface area contributed by atoms with Gasteiger partial charge in [0.25, 0.3) is 0 Å². The Balaban J connectivity index is 1.38. The van der Waals surface area contributed by atoms with Crippen molar-refractivity contribution in [2.75, 3.05) is 24.6 Å². The number of nitrogens with one attached hydrogen (secondary N) is 1. The van der Waals surface area contributed by atoms with Gasteiger partial charge in [-0.3, -0.25) is 9.59 Å². The Morgan fingerprint density at radius 1 is 1.00 bits per heavy atom. The van der Waals surface area contributed by atoms with Crippen molar-refractivity contribution in [3.63, 3.8) is 0 Å². The zero-order chi connectivity index (χ0) is 27.6. The second-order valence-electron chi connectivity index (χ2n) is 9.57. The van der Waals surface area contributed by atoms with E-state index in [2.05, 4.69) is 11.4 Å². The molecule has 4 rings (SSSR count). The third-order valence-electron chi connectivity index (χ3n) is 6.56. The maximum atomic E-state index is 13.2. The van der Waals surface area contributed by atoms with Crippen LogP contribution in [0.1, 0.15) is 42.4 Å². The average molecular weight is 531 g/mol. The Bertz CT molecular complexity index is 1320. The number of carboxylic acid groups (broad SMARTS) is 1. The minimum Gasteiger partial charge on any atom is -0.494 e. The van der Waals surface area contributed by atoms with E-state index in [1.165, 1.54) is 0 Å². The number of hydrogen-bond donors (Lipinski definition) is 2. The van der Waals surface area contributed by atoms with Crippen LogP contribution in [0.2, 0.25) is 0 Å². The maximum absolute atomic E-state index is 13.2. The van der Waals surface area contributed by atoms with Crippen LogP contribution < -0.4 is 15.0 Å². The summed E-state index contributed by atoms with van der Waals surface area (Å²) < 4.78 is 11.1. The quantitative estimate of drug-likeness (QED) is 0.317. The van der Waals surface area contributed by atoms with Gasteiger partial charge in [0, 0.05) is 25.2 Å². The number of carbonyl (C=O) groups excluding carboxylic acids is 2. The summed E-state index contributed by atoms with van der Waals surface area (Å²) in [6.45, 7) is 3.28. The van der Waals surface area contributed by atoms with Crippen LogP contribution in [0.25, 0.3) is 11.1 Å². The van der Waals surface area contributed by atoms with E-state index >= 15 is 0 Å². The van der Waals surface area contributed by atoms with Crippen molar-refractivity contribution < 1.29 is 29.0 Å². The van der Waals surface area contributed by atoms with Crippen molar-refractivity contribution in [3.05, 3.63) is 83.4 Å². The SMILES string of the molecule is Cc1cccc(OCCCC(=O)N2CCCc3c(-c4cccc(COC(=O)NCCC(=O)O)c4)cccc32)c1. The normalized spacial score (nSPS) is 12.4. The van der Waals surface area contributed by atoms with Gasteiger partial charge >= 0.3 is 12.1 Å². The summed E-state index contributed by atoms with van der Waals surface area (Å²) in [6, 6.07) is 21.7. The molecule has 0 unspecified atom stereocenters. The van der Waals surface area contributed by atoms with E-state index in [0.717, 1.165) is 52.1 Å². The van der Waals surface area contributed by atoms with E-state index in [9.17, 15) is 14.4 Å². The molecule has 0 radical (unpaired) electrons. The van der Waals surface area contributed by atoms with Crippen molar-refractivity contribution in [1.82, 2.24) is 5.32 Å². The number of ether oxygens (including phenoxy) is 2. The second-order valence-corrected chi connectivity index (χ2v) is 9.57. The number of carbonyl (C=O) groups is 3. The minimum atomic E-state index is -0.985. The van der Waals surface area contributed by atoms with Gasteiger partial charge in [-0.2, -0.15) is 0 Å². The maximum Gasteiger partial charge on any atom is 0.407 e. The fourth-order valence-corrected chi connectivity index (χ4v) is 4.71. The average Bonchev–Trinajstić information content (AvgIpc) is 2.93. The first-order valence-electron chi connectivity index (χ1n) is 13.2. The van der Waals surface area contributed by atoms with E-state index in [0.29, 0.717) is 26.0 Å². The van der Waals surface area contributed by atoms with Gasteiger partial charge in [0.2, 0.25) is 5.91 Å². The van der Waals surface area contributed by atoms with E-state index in [1.807, 2.05) is 72.5 Å². The van der Waals surface area contributed by atoms with Gasteiger partial charge in [0.1, 0.15) is 12.4 Å². The summed E-state index contributed by atoms with van der Waals surface area (Å²) >= 11 is 0. The lowest BCUT2D eigenvalue weighted by Gasteiger charge is -2.31. The van der Waals surface area contributed by atoms with Gasteiger partial charge < -0.3 is 24.8 Å². The molecule has 0 aromatic heterocycles. The summed E-state index contributed by atoms with van der Waals surface area (Å²) in [5.41, 5.74) is 6.08. The third-order valence-corrected chi connectivity index (χ3v) is 6.56. The molecule has 0 saturated heterocycles. The first kappa shape index (κ1) is 27.7. The number of carboxylic acids is 1. The number of fused-ring (bicyclic) bond motifs is 1. The van der Waals surface area contributed by atoms with Crippen LogP contribution in [0.15, 0.2) is 66.7 Å². The van der Waals surface area contributed by atoms with Crippen LogP contribution in [-0.2, 0) is 27.4 Å². The summed E-state index contributed by atoms with van der Waals surface area (Å²) in [4.78, 5) is 37.5. The van der Waals surface area contributed by atoms with E-state index in [-0.39, 0.29) is 25.5 Å². The highest BCUT2D eigenvalue weighted by molar-refractivity contribution is 5.96. The number of aryl methyl sites for hydroxylation is 1. The molecule has 0 fully saturated rings. The molecule has 0 spiro atoms. The minimum absolute atomic E-state index is 0.0132. The predicted octanol–water partition coefficient (Wildman–Crippen LogP) is 5.50. The van der Waals surface area contributed by atoms with Crippen LogP contribution >= 0.6 is 0 Å². The molecule has 1 heterocycles. The first-order valence-corrected chi connectivity index (χ1v) is 13.2. The summed E-state index contributed by atoms with van der Waals surface area (Å²) in [5, 5.41) is 11.1. The van der Waals surface area contributed by atoms with Gasteiger partial charge in [0.15, 0.2) is 0 Å². The zero-order valence-electron chi connectivity index (χ0n) is 22.2. The zero-order valence-corrected chi connectivity index (χ0v) is 22.2. The van der Waals surface area contributed by atoms with Crippen molar-refractivity contribution in [2.24, 2.45) is 0 Å².